The van der Waals surface area contributed by atoms with Gasteiger partial charge in [0, 0.05) is 5.69 Å². The highest BCUT2D eigenvalue weighted by Gasteiger charge is 2.29. The Morgan fingerprint density at radius 3 is 2.22 bits per heavy atom. The third-order valence-corrected chi connectivity index (χ3v) is 3.38. The quantitative estimate of drug-likeness (QED) is 0.597. The molecule has 0 saturated heterocycles. The SMILES string of the molecule is Nc1ccc(CC(=O)NC(C(=O)O)C(O)c2ccccc2)cc1. The lowest BCUT2D eigenvalue weighted by Crippen LogP contribution is -2.45. The first-order valence-electron chi connectivity index (χ1n) is 7.07. The van der Waals surface area contributed by atoms with Gasteiger partial charge in [0.25, 0.3) is 0 Å². The highest BCUT2D eigenvalue weighted by molar-refractivity contribution is 5.85. The third kappa shape index (κ3) is 4.55. The fourth-order valence-electron chi connectivity index (χ4n) is 2.16. The molecule has 0 radical (unpaired) electrons. The van der Waals surface area contributed by atoms with E-state index >= 15 is 0 Å². The summed E-state index contributed by atoms with van der Waals surface area (Å²) in [7, 11) is 0. The molecule has 1 amide bonds. The molecule has 23 heavy (non-hydrogen) atoms. The predicted molar refractivity (Wildman–Crippen MR) is 85.5 cm³/mol. The largest absolute Gasteiger partial charge is 0.480 e. The fourth-order valence-corrected chi connectivity index (χ4v) is 2.16. The number of aliphatic hydroxyl groups excluding tert-OH is 1. The Balaban J connectivity index is 2.05. The van der Waals surface area contributed by atoms with E-state index in [-0.39, 0.29) is 6.42 Å². The molecule has 0 bridgehead atoms. The summed E-state index contributed by atoms with van der Waals surface area (Å²) in [5.74, 6) is -1.79. The number of carbonyl (C=O) groups excluding carboxylic acids is 1. The molecular formula is C17H18N2O4. The number of anilines is 1. The van der Waals surface area contributed by atoms with Gasteiger partial charge in [0.05, 0.1) is 6.42 Å². The van der Waals surface area contributed by atoms with Crippen LogP contribution >= 0.6 is 0 Å². The van der Waals surface area contributed by atoms with Gasteiger partial charge in [0.15, 0.2) is 6.04 Å². The number of aliphatic hydroxyl groups is 1. The van der Waals surface area contributed by atoms with Crippen molar-refractivity contribution >= 4 is 17.6 Å². The molecular weight excluding hydrogens is 296 g/mol. The average molecular weight is 314 g/mol. The summed E-state index contributed by atoms with van der Waals surface area (Å²) in [5.41, 5.74) is 7.28. The van der Waals surface area contributed by atoms with Crippen molar-refractivity contribution in [3.63, 3.8) is 0 Å². The van der Waals surface area contributed by atoms with Gasteiger partial charge in [-0.1, -0.05) is 42.5 Å². The van der Waals surface area contributed by atoms with Crippen molar-refractivity contribution in [1.82, 2.24) is 5.32 Å². The van der Waals surface area contributed by atoms with Gasteiger partial charge in [-0.25, -0.2) is 4.79 Å². The summed E-state index contributed by atoms with van der Waals surface area (Å²) >= 11 is 0. The van der Waals surface area contributed by atoms with Crippen LogP contribution in [0.3, 0.4) is 0 Å². The molecule has 2 aromatic rings. The molecule has 0 saturated carbocycles. The zero-order valence-electron chi connectivity index (χ0n) is 12.3. The van der Waals surface area contributed by atoms with E-state index in [1.54, 1.807) is 54.6 Å². The Hall–Kier alpha value is -2.86. The summed E-state index contributed by atoms with van der Waals surface area (Å²) in [6.45, 7) is 0. The smallest absolute Gasteiger partial charge is 0.329 e. The lowest BCUT2D eigenvalue weighted by molar-refractivity contribution is -0.145. The first-order valence-corrected chi connectivity index (χ1v) is 7.07. The van der Waals surface area contributed by atoms with Crippen LogP contribution in [0.4, 0.5) is 5.69 Å². The van der Waals surface area contributed by atoms with E-state index in [1.165, 1.54) is 0 Å². The molecule has 6 heteroatoms. The van der Waals surface area contributed by atoms with Crippen LogP contribution in [-0.4, -0.2) is 28.1 Å². The van der Waals surface area contributed by atoms with Crippen LogP contribution in [0.1, 0.15) is 17.2 Å². The number of nitrogens with two attached hydrogens (primary N) is 1. The van der Waals surface area contributed by atoms with E-state index in [1.807, 2.05) is 0 Å². The van der Waals surface area contributed by atoms with Crippen molar-refractivity contribution in [3.8, 4) is 0 Å². The van der Waals surface area contributed by atoms with Crippen LogP contribution in [0, 0.1) is 0 Å². The van der Waals surface area contributed by atoms with Gasteiger partial charge < -0.3 is 21.3 Å². The van der Waals surface area contributed by atoms with Gasteiger partial charge in [-0.05, 0) is 23.3 Å². The van der Waals surface area contributed by atoms with Crippen LogP contribution in [0.2, 0.25) is 0 Å². The van der Waals surface area contributed by atoms with Crippen molar-refractivity contribution in [2.75, 3.05) is 5.73 Å². The highest BCUT2D eigenvalue weighted by Crippen LogP contribution is 2.17. The molecule has 0 heterocycles. The van der Waals surface area contributed by atoms with Crippen molar-refractivity contribution in [3.05, 3.63) is 65.7 Å². The molecule has 0 aliphatic rings. The molecule has 120 valence electrons. The van der Waals surface area contributed by atoms with Crippen molar-refractivity contribution in [2.24, 2.45) is 0 Å². The van der Waals surface area contributed by atoms with Gasteiger partial charge in [-0.15, -0.1) is 0 Å². The lowest BCUT2D eigenvalue weighted by Gasteiger charge is -2.20. The van der Waals surface area contributed by atoms with E-state index in [2.05, 4.69) is 5.32 Å². The summed E-state index contributed by atoms with van der Waals surface area (Å²) in [5, 5.41) is 21.8. The second-order valence-electron chi connectivity index (χ2n) is 5.16. The standard InChI is InChI=1S/C17H18N2O4/c18-13-8-6-11(7-9-13)10-14(20)19-15(17(22)23)16(21)12-4-2-1-3-5-12/h1-9,15-16,21H,10,18H2,(H,19,20)(H,22,23). The number of hydrogen-bond donors (Lipinski definition) is 4. The van der Waals surface area contributed by atoms with Crippen LogP contribution in [-0.2, 0) is 16.0 Å². The fraction of sp³-hybridized carbons (Fsp3) is 0.176. The number of hydrogen-bond acceptors (Lipinski definition) is 4. The summed E-state index contributed by atoms with van der Waals surface area (Å²) in [6.07, 6.45) is -1.32. The molecule has 2 aromatic carbocycles. The normalized spacial score (nSPS) is 13.1. The summed E-state index contributed by atoms with van der Waals surface area (Å²) in [6, 6.07) is 13.6. The van der Waals surface area contributed by atoms with E-state index in [4.69, 9.17) is 5.73 Å². The van der Waals surface area contributed by atoms with Crippen molar-refractivity contribution < 1.29 is 19.8 Å². The van der Waals surface area contributed by atoms with Gasteiger partial charge >= 0.3 is 5.97 Å². The van der Waals surface area contributed by atoms with Crippen molar-refractivity contribution in [1.29, 1.82) is 0 Å². The minimum absolute atomic E-state index is 0.00553. The van der Waals surface area contributed by atoms with E-state index in [9.17, 15) is 19.8 Å². The minimum Gasteiger partial charge on any atom is -0.480 e. The topological polar surface area (TPSA) is 113 Å². The number of nitrogen functional groups attached to an aromatic ring is 1. The Bertz CT molecular complexity index is 671. The predicted octanol–water partition coefficient (Wildman–Crippen LogP) is 1.11. The second kappa shape index (κ2) is 7.42. The molecule has 2 atom stereocenters. The maximum Gasteiger partial charge on any atom is 0.329 e. The highest BCUT2D eigenvalue weighted by atomic mass is 16.4. The number of amides is 1. The molecule has 5 N–H and O–H groups in total. The monoisotopic (exact) mass is 314 g/mol. The molecule has 0 aliphatic heterocycles. The maximum atomic E-state index is 12.0. The van der Waals surface area contributed by atoms with Gasteiger partial charge in [0.2, 0.25) is 5.91 Å². The first-order chi connectivity index (χ1) is 11.0. The molecule has 2 rings (SSSR count). The second-order valence-corrected chi connectivity index (χ2v) is 5.16. The third-order valence-electron chi connectivity index (χ3n) is 3.38. The molecule has 0 spiro atoms. The maximum absolute atomic E-state index is 12.0. The Morgan fingerprint density at radius 1 is 1.04 bits per heavy atom. The average Bonchev–Trinajstić information content (AvgIpc) is 2.55. The Morgan fingerprint density at radius 2 is 1.65 bits per heavy atom. The van der Waals surface area contributed by atoms with Crippen molar-refractivity contribution in [2.45, 2.75) is 18.6 Å². The van der Waals surface area contributed by atoms with E-state index in [0.29, 0.717) is 16.8 Å². The zero-order valence-corrected chi connectivity index (χ0v) is 12.3. The van der Waals surface area contributed by atoms with Crippen LogP contribution in [0.5, 0.6) is 0 Å². The zero-order chi connectivity index (χ0) is 16.8. The first kappa shape index (κ1) is 16.5. The van der Waals surface area contributed by atoms with Crippen LogP contribution in [0.15, 0.2) is 54.6 Å². The number of benzene rings is 2. The molecule has 0 aromatic heterocycles. The summed E-state index contributed by atoms with van der Waals surface area (Å²) < 4.78 is 0. The number of carbonyl (C=O) groups is 2. The Kier molecular flexibility index (Phi) is 5.32. The minimum atomic E-state index is -1.42. The number of carboxylic acid groups (broad SMARTS) is 1. The molecule has 0 aliphatic carbocycles. The molecule has 0 fully saturated rings. The van der Waals surface area contributed by atoms with Gasteiger partial charge in [0.1, 0.15) is 6.10 Å². The molecule has 6 nitrogen and oxygen atoms in total. The lowest BCUT2D eigenvalue weighted by atomic mass is 10.0. The van der Waals surface area contributed by atoms with E-state index in [0.717, 1.165) is 0 Å². The number of rotatable bonds is 6. The number of aliphatic carboxylic acids is 1. The van der Waals surface area contributed by atoms with Gasteiger partial charge in [-0.3, -0.25) is 4.79 Å². The van der Waals surface area contributed by atoms with E-state index < -0.39 is 24.0 Å². The van der Waals surface area contributed by atoms with Crippen LogP contribution < -0.4 is 11.1 Å². The summed E-state index contributed by atoms with van der Waals surface area (Å²) in [4.78, 5) is 23.4. The Labute approximate surface area is 133 Å². The molecule has 2 unspecified atom stereocenters. The van der Waals surface area contributed by atoms with Gasteiger partial charge in [-0.2, -0.15) is 0 Å². The van der Waals surface area contributed by atoms with Crippen LogP contribution in [0.25, 0.3) is 0 Å². The number of nitrogens with one attached hydrogen (secondary N) is 1. The number of carboxylic acids is 1.